The number of nitrogens with two attached hydrogens (primary N) is 1. The summed E-state index contributed by atoms with van der Waals surface area (Å²) in [7, 11) is -1.96. The molecule has 0 aromatic carbocycles. The maximum Gasteiger partial charge on any atom is 0.214 e. The van der Waals surface area contributed by atoms with E-state index in [-0.39, 0.29) is 17.0 Å². The summed E-state index contributed by atoms with van der Waals surface area (Å²) in [6, 6.07) is -0.648. The van der Waals surface area contributed by atoms with Gasteiger partial charge in [0.2, 0.25) is 10.0 Å². The zero-order valence-corrected chi connectivity index (χ0v) is 12.0. The molecule has 0 amide bonds. The Bertz CT molecular complexity index is 371. The van der Waals surface area contributed by atoms with Gasteiger partial charge in [-0.25, -0.2) is 8.42 Å². The summed E-state index contributed by atoms with van der Waals surface area (Å²) in [5.41, 5.74) is 5.34. The minimum absolute atomic E-state index is 0.0479. The number of hydrogen-bond acceptors (Lipinski definition) is 4. The summed E-state index contributed by atoms with van der Waals surface area (Å²) in [5.74, 6) is -0.0670. The molecule has 0 fully saturated rings. The molecular weight excluding hydrogens is 242 g/mol. The van der Waals surface area contributed by atoms with Crippen LogP contribution in [0, 0.1) is 5.41 Å². The van der Waals surface area contributed by atoms with Crippen LogP contribution < -0.4 is 5.73 Å². The van der Waals surface area contributed by atoms with E-state index in [1.807, 2.05) is 20.8 Å². The quantitative estimate of drug-likeness (QED) is 0.333. The molecule has 17 heavy (non-hydrogen) atoms. The monoisotopic (exact) mass is 265 g/mol. The number of amidine groups is 1. The van der Waals surface area contributed by atoms with E-state index in [2.05, 4.69) is 5.16 Å². The lowest BCUT2D eigenvalue weighted by Gasteiger charge is -2.25. The standard InChI is InChI=1S/C10H23N3O3S/c1-8(9(11)12-14)13(5)17(15,16)7-6-10(2,3)4/h8,14H,6-7H2,1-5H3,(H2,11,12). The third-order valence-corrected chi connectivity index (χ3v) is 4.55. The van der Waals surface area contributed by atoms with Gasteiger partial charge in [0.05, 0.1) is 11.8 Å². The maximum absolute atomic E-state index is 12.0. The molecular formula is C10H23N3O3S. The second-order valence-electron chi connectivity index (χ2n) is 5.34. The van der Waals surface area contributed by atoms with E-state index < -0.39 is 16.1 Å². The van der Waals surface area contributed by atoms with Crippen LogP contribution in [0.2, 0.25) is 0 Å². The Morgan fingerprint density at radius 2 is 1.94 bits per heavy atom. The van der Waals surface area contributed by atoms with E-state index in [0.717, 1.165) is 4.31 Å². The normalized spacial score (nSPS) is 16.2. The summed E-state index contributed by atoms with van der Waals surface area (Å²) >= 11 is 0. The molecule has 0 bridgehead atoms. The number of nitrogens with zero attached hydrogens (tertiary/aromatic N) is 2. The van der Waals surface area contributed by atoms with Gasteiger partial charge >= 0.3 is 0 Å². The maximum atomic E-state index is 12.0. The largest absolute Gasteiger partial charge is 0.409 e. The van der Waals surface area contributed by atoms with Crippen molar-refractivity contribution in [1.82, 2.24) is 4.31 Å². The topological polar surface area (TPSA) is 96.0 Å². The molecule has 102 valence electrons. The molecule has 0 spiro atoms. The average molecular weight is 265 g/mol. The first-order valence-corrected chi connectivity index (χ1v) is 7.05. The first-order valence-electron chi connectivity index (χ1n) is 5.44. The fraction of sp³-hybridized carbons (Fsp3) is 0.900. The van der Waals surface area contributed by atoms with E-state index in [0.29, 0.717) is 6.42 Å². The molecule has 6 nitrogen and oxygen atoms in total. The zero-order chi connectivity index (χ0) is 13.9. The molecule has 3 N–H and O–H groups in total. The number of rotatable bonds is 5. The minimum Gasteiger partial charge on any atom is -0.409 e. The van der Waals surface area contributed by atoms with E-state index in [9.17, 15) is 8.42 Å². The van der Waals surface area contributed by atoms with Crippen molar-refractivity contribution in [1.29, 1.82) is 0 Å². The van der Waals surface area contributed by atoms with Crippen molar-refractivity contribution < 1.29 is 13.6 Å². The van der Waals surface area contributed by atoms with Crippen molar-refractivity contribution >= 4 is 15.9 Å². The Hall–Kier alpha value is -0.820. The Kier molecular flexibility index (Phi) is 5.41. The molecule has 0 aliphatic heterocycles. The van der Waals surface area contributed by atoms with Gasteiger partial charge in [-0.2, -0.15) is 4.31 Å². The van der Waals surface area contributed by atoms with E-state index in [1.165, 1.54) is 7.05 Å². The van der Waals surface area contributed by atoms with Crippen LogP contribution in [0.5, 0.6) is 0 Å². The smallest absolute Gasteiger partial charge is 0.214 e. The molecule has 0 aliphatic carbocycles. The van der Waals surface area contributed by atoms with Crippen LogP contribution in [0.25, 0.3) is 0 Å². The minimum atomic E-state index is -3.39. The third-order valence-electron chi connectivity index (χ3n) is 2.64. The van der Waals surface area contributed by atoms with Crippen LogP contribution in [-0.2, 0) is 10.0 Å². The Morgan fingerprint density at radius 1 is 1.47 bits per heavy atom. The van der Waals surface area contributed by atoms with Crippen molar-refractivity contribution in [3.63, 3.8) is 0 Å². The van der Waals surface area contributed by atoms with Crippen molar-refractivity contribution in [2.75, 3.05) is 12.8 Å². The van der Waals surface area contributed by atoms with Gasteiger partial charge in [0.1, 0.15) is 0 Å². The molecule has 0 aromatic rings. The van der Waals surface area contributed by atoms with Gasteiger partial charge in [-0.1, -0.05) is 25.9 Å². The average Bonchev–Trinajstić information content (AvgIpc) is 2.22. The molecule has 0 aromatic heterocycles. The summed E-state index contributed by atoms with van der Waals surface area (Å²) in [6.45, 7) is 7.52. The molecule has 1 atom stereocenters. The Balaban J connectivity index is 4.73. The van der Waals surface area contributed by atoms with Gasteiger partial charge in [0.25, 0.3) is 0 Å². The van der Waals surface area contributed by atoms with Crippen LogP contribution in [-0.4, -0.2) is 42.6 Å². The fourth-order valence-electron chi connectivity index (χ4n) is 1.09. The van der Waals surface area contributed by atoms with Crippen molar-refractivity contribution in [3.8, 4) is 0 Å². The van der Waals surface area contributed by atoms with Crippen LogP contribution in [0.1, 0.15) is 34.1 Å². The van der Waals surface area contributed by atoms with Crippen LogP contribution in [0.15, 0.2) is 5.16 Å². The van der Waals surface area contributed by atoms with Gasteiger partial charge in [-0.05, 0) is 18.8 Å². The van der Waals surface area contributed by atoms with Crippen molar-refractivity contribution in [2.45, 2.75) is 40.2 Å². The second kappa shape index (κ2) is 5.68. The molecule has 0 rings (SSSR count). The van der Waals surface area contributed by atoms with Crippen LogP contribution in [0.3, 0.4) is 0 Å². The summed E-state index contributed by atoms with van der Waals surface area (Å²) in [6.07, 6.45) is 0.558. The van der Waals surface area contributed by atoms with E-state index in [1.54, 1.807) is 6.92 Å². The lowest BCUT2D eigenvalue weighted by Crippen LogP contribution is -2.44. The molecule has 0 radical (unpaired) electrons. The molecule has 1 unspecified atom stereocenters. The van der Waals surface area contributed by atoms with Gasteiger partial charge in [0, 0.05) is 7.05 Å². The summed E-state index contributed by atoms with van der Waals surface area (Å²) < 4.78 is 25.1. The molecule has 0 aliphatic rings. The number of likely N-dealkylation sites (N-methyl/N-ethyl adjacent to an activating group) is 1. The third kappa shape index (κ3) is 5.36. The first-order chi connectivity index (χ1) is 7.51. The van der Waals surface area contributed by atoms with Gasteiger partial charge in [-0.15, -0.1) is 0 Å². The van der Waals surface area contributed by atoms with Crippen LogP contribution in [0.4, 0.5) is 0 Å². The van der Waals surface area contributed by atoms with Crippen molar-refractivity contribution in [2.24, 2.45) is 16.3 Å². The predicted molar refractivity (Wildman–Crippen MR) is 68.5 cm³/mol. The molecule has 0 saturated heterocycles. The SMILES string of the molecule is CC(C(N)=NO)N(C)S(=O)(=O)CCC(C)(C)C. The molecule has 7 heteroatoms. The van der Waals surface area contributed by atoms with Gasteiger partial charge in [0.15, 0.2) is 5.84 Å². The number of oxime groups is 1. The molecule has 0 heterocycles. The van der Waals surface area contributed by atoms with Crippen molar-refractivity contribution in [3.05, 3.63) is 0 Å². The highest BCUT2D eigenvalue weighted by Gasteiger charge is 2.27. The fourth-order valence-corrected chi connectivity index (χ4v) is 2.84. The predicted octanol–water partition coefficient (Wildman–Crippen LogP) is 0.819. The van der Waals surface area contributed by atoms with Gasteiger partial charge in [-0.3, -0.25) is 0 Å². The number of sulfonamides is 1. The van der Waals surface area contributed by atoms with Gasteiger partial charge < -0.3 is 10.9 Å². The molecule has 0 saturated carbocycles. The lowest BCUT2D eigenvalue weighted by atomic mass is 9.94. The van der Waals surface area contributed by atoms with Crippen LogP contribution >= 0.6 is 0 Å². The zero-order valence-electron chi connectivity index (χ0n) is 11.1. The second-order valence-corrected chi connectivity index (χ2v) is 7.49. The highest BCUT2D eigenvalue weighted by atomic mass is 32.2. The Labute approximate surface area is 104 Å². The lowest BCUT2D eigenvalue weighted by molar-refractivity contribution is 0.311. The number of hydrogen-bond donors (Lipinski definition) is 2. The Morgan fingerprint density at radius 3 is 2.29 bits per heavy atom. The summed E-state index contributed by atoms with van der Waals surface area (Å²) in [5, 5.41) is 11.3. The summed E-state index contributed by atoms with van der Waals surface area (Å²) in [4.78, 5) is 0. The first kappa shape index (κ1) is 16.2. The van der Waals surface area contributed by atoms with E-state index in [4.69, 9.17) is 10.9 Å². The highest BCUT2D eigenvalue weighted by Crippen LogP contribution is 2.20. The van der Waals surface area contributed by atoms with E-state index >= 15 is 0 Å². The highest BCUT2D eigenvalue weighted by molar-refractivity contribution is 7.89.